The standard InChI is InChI=1S/C24H28N6O3/c25-22(31)20-12-17(13-26-20)23(32)27-14-18(16-6-2-1-3-7-16)15-28-24(33)21-10-11-29-30(21)19-8-4-5-9-19/h1-3,6-7,10-13,18-19,26H,4-5,8-9,14-15H2,(H2,25,31)(H,27,32)(H,28,33). The lowest BCUT2D eigenvalue weighted by molar-refractivity contribution is 0.0935. The second kappa shape index (κ2) is 10.2. The number of nitrogens with zero attached hydrogens (tertiary/aromatic N) is 2. The Balaban J connectivity index is 1.41. The van der Waals surface area contributed by atoms with Gasteiger partial charge in [0.25, 0.3) is 17.7 Å². The molecule has 1 aliphatic carbocycles. The number of hydrogen-bond donors (Lipinski definition) is 4. The summed E-state index contributed by atoms with van der Waals surface area (Å²) in [6.07, 6.45) is 7.50. The number of amides is 3. The fourth-order valence-electron chi connectivity index (χ4n) is 4.26. The Hall–Kier alpha value is -3.88. The molecule has 1 saturated carbocycles. The van der Waals surface area contributed by atoms with E-state index in [1.165, 1.54) is 12.3 Å². The first kappa shape index (κ1) is 22.3. The number of benzene rings is 1. The average molecular weight is 449 g/mol. The van der Waals surface area contributed by atoms with Crippen LogP contribution in [0, 0.1) is 0 Å². The number of aromatic nitrogens is 3. The zero-order valence-corrected chi connectivity index (χ0v) is 18.3. The van der Waals surface area contributed by atoms with Gasteiger partial charge in [-0.25, -0.2) is 0 Å². The minimum absolute atomic E-state index is 0.142. The highest BCUT2D eigenvalue weighted by Gasteiger charge is 2.23. The van der Waals surface area contributed by atoms with E-state index in [-0.39, 0.29) is 29.5 Å². The normalized spacial score (nSPS) is 14.7. The third kappa shape index (κ3) is 5.31. The quantitative estimate of drug-likeness (QED) is 0.400. The second-order valence-electron chi connectivity index (χ2n) is 8.29. The Morgan fingerprint density at radius 1 is 1.06 bits per heavy atom. The molecule has 0 aliphatic heterocycles. The number of carbonyl (C=O) groups excluding carboxylic acids is 3. The van der Waals surface area contributed by atoms with Gasteiger partial charge in [-0.1, -0.05) is 43.2 Å². The van der Waals surface area contributed by atoms with Crippen LogP contribution in [0.25, 0.3) is 0 Å². The van der Waals surface area contributed by atoms with E-state index in [2.05, 4.69) is 20.7 Å². The largest absolute Gasteiger partial charge is 0.364 e. The Morgan fingerprint density at radius 3 is 2.42 bits per heavy atom. The molecular formula is C24H28N6O3. The van der Waals surface area contributed by atoms with Gasteiger partial charge in [0, 0.05) is 31.4 Å². The number of hydrogen-bond acceptors (Lipinski definition) is 4. The fraction of sp³-hybridized carbons (Fsp3) is 0.333. The van der Waals surface area contributed by atoms with E-state index >= 15 is 0 Å². The summed E-state index contributed by atoms with van der Waals surface area (Å²) in [5.74, 6) is -1.28. The minimum Gasteiger partial charge on any atom is -0.364 e. The van der Waals surface area contributed by atoms with Crippen molar-refractivity contribution >= 4 is 17.7 Å². The minimum atomic E-state index is -0.629. The molecule has 5 N–H and O–H groups in total. The van der Waals surface area contributed by atoms with Crippen LogP contribution in [0.15, 0.2) is 54.9 Å². The smallest absolute Gasteiger partial charge is 0.269 e. The van der Waals surface area contributed by atoms with Crippen molar-refractivity contribution in [2.45, 2.75) is 37.6 Å². The molecule has 0 spiro atoms. The van der Waals surface area contributed by atoms with Crippen molar-refractivity contribution in [2.75, 3.05) is 13.1 Å². The predicted octanol–water partition coefficient (Wildman–Crippen LogP) is 2.37. The molecule has 172 valence electrons. The first-order valence-electron chi connectivity index (χ1n) is 11.2. The number of aromatic amines is 1. The molecule has 1 aromatic carbocycles. The highest BCUT2D eigenvalue weighted by molar-refractivity contribution is 5.98. The Kier molecular flexibility index (Phi) is 6.87. The van der Waals surface area contributed by atoms with Crippen LogP contribution >= 0.6 is 0 Å². The van der Waals surface area contributed by atoms with Crippen molar-refractivity contribution in [2.24, 2.45) is 5.73 Å². The van der Waals surface area contributed by atoms with Crippen molar-refractivity contribution in [3.63, 3.8) is 0 Å². The number of nitrogens with two attached hydrogens (primary N) is 1. The fourth-order valence-corrected chi connectivity index (χ4v) is 4.26. The van der Waals surface area contributed by atoms with Gasteiger partial charge in [0.2, 0.25) is 0 Å². The van der Waals surface area contributed by atoms with Gasteiger partial charge >= 0.3 is 0 Å². The summed E-state index contributed by atoms with van der Waals surface area (Å²) in [6.45, 7) is 0.654. The van der Waals surface area contributed by atoms with Crippen molar-refractivity contribution in [3.05, 3.63) is 77.4 Å². The van der Waals surface area contributed by atoms with Gasteiger partial charge in [-0.2, -0.15) is 5.10 Å². The van der Waals surface area contributed by atoms with Gasteiger partial charge in [0.15, 0.2) is 0 Å². The van der Waals surface area contributed by atoms with Crippen LogP contribution in [-0.4, -0.2) is 45.6 Å². The highest BCUT2D eigenvalue weighted by Crippen LogP contribution is 2.29. The van der Waals surface area contributed by atoms with E-state index in [4.69, 9.17) is 5.73 Å². The molecule has 33 heavy (non-hydrogen) atoms. The summed E-state index contributed by atoms with van der Waals surface area (Å²) < 4.78 is 1.84. The SMILES string of the molecule is NC(=O)c1cc(C(=O)NCC(CNC(=O)c2ccnn2C2CCCC2)c2ccccc2)c[nH]1. The van der Waals surface area contributed by atoms with Crippen LogP contribution in [-0.2, 0) is 0 Å². The third-order valence-electron chi connectivity index (χ3n) is 6.07. The zero-order valence-electron chi connectivity index (χ0n) is 18.3. The molecule has 4 rings (SSSR count). The molecule has 1 fully saturated rings. The zero-order chi connectivity index (χ0) is 23.2. The molecule has 0 saturated heterocycles. The molecule has 1 aliphatic rings. The van der Waals surface area contributed by atoms with Crippen molar-refractivity contribution in [3.8, 4) is 0 Å². The van der Waals surface area contributed by atoms with Crippen LogP contribution in [0.3, 0.4) is 0 Å². The highest BCUT2D eigenvalue weighted by atomic mass is 16.2. The lowest BCUT2D eigenvalue weighted by Crippen LogP contribution is -2.36. The van der Waals surface area contributed by atoms with Gasteiger partial charge in [0.1, 0.15) is 11.4 Å². The summed E-state index contributed by atoms with van der Waals surface area (Å²) in [6, 6.07) is 13.1. The number of nitrogens with one attached hydrogen (secondary N) is 3. The first-order valence-corrected chi connectivity index (χ1v) is 11.2. The molecule has 3 aromatic rings. The Labute approximate surface area is 191 Å². The van der Waals surface area contributed by atoms with E-state index < -0.39 is 5.91 Å². The van der Waals surface area contributed by atoms with Gasteiger partial charge in [-0.3, -0.25) is 19.1 Å². The maximum Gasteiger partial charge on any atom is 0.269 e. The van der Waals surface area contributed by atoms with Crippen LogP contribution in [0.5, 0.6) is 0 Å². The summed E-state index contributed by atoms with van der Waals surface area (Å²) in [5, 5.41) is 10.3. The summed E-state index contributed by atoms with van der Waals surface area (Å²) in [7, 11) is 0. The molecule has 1 unspecified atom stereocenters. The van der Waals surface area contributed by atoms with Gasteiger partial charge in [0.05, 0.1) is 11.6 Å². The second-order valence-corrected chi connectivity index (χ2v) is 8.29. The van der Waals surface area contributed by atoms with E-state index in [9.17, 15) is 14.4 Å². The number of H-pyrrole nitrogens is 1. The number of rotatable bonds is 9. The molecular weight excluding hydrogens is 420 g/mol. The van der Waals surface area contributed by atoms with Gasteiger partial charge in [-0.15, -0.1) is 0 Å². The molecule has 1 atom stereocenters. The molecule has 3 amide bonds. The van der Waals surface area contributed by atoms with Crippen LogP contribution in [0.4, 0.5) is 0 Å². The maximum atomic E-state index is 12.9. The first-order chi connectivity index (χ1) is 16.0. The van der Waals surface area contributed by atoms with E-state index in [1.807, 2.05) is 35.0 Å². The van der Waals surface area contributed by atoms with E-state index in [0.717, 1.165) is 31.2 Å². The molecule has 9 nitrogen and oxygen atoms in total. The van der Waals surface area contributed by atoms with Gasteiger partial charge in [-0.05, 0) is 30.5 Å². The third-order valence-corrected chi connectivity index (χ3v) is 6.07. The van der Waals surface area contributed by atoms with Crippen LogP contribution in [0.1, 0.15) is 74.5 Å². The van der Waals surface area contributed by atoms with Crippen molar-refractivity contribution in [1.29, 1.82) is 0 Å². The Morgan fingerprint density at radius 2 is 1.76 bits per heavy atom. The Bertz CT molecular complexity index is 1110. The summed E-state index contributed by atoms with van der Waals surface area (Å²) >= 11 is 0. The van der Waals surface area contributed by atoms with Gasteiger partial charge < -0.3 is 21.4 Å². The number of primary amides is 1. The molecule has 9 heteroatoms. The topological polar surface area (TPSA) is 135 Å². The number of carbonyl (C=O) groups is 3. The maximum absolute atomic E-state index is 12.9. The summed E-state index contributed by atoms with van der Waals surface area (Å²) in [4.78, 5) is 39.4. The predicted molar refractivity (Wildman–Crippen MR) is 123 cm³/mol. The van der Waals surface area contributed by atoms with E-state index in [1.54, 1.807) is 12.3 Å². The average Bonchev–Trinajstić information content (AvgIpc) is 3.60. The lowest BCUT2D eigenvalue weighted by atomic mass is 9.98. The molecule has 2 aromatic heterocycles. The van der Waals surface area contributed by atoms with Crippen LogP contribution in [0.2, 0.25) is 0 Å². The lowest BCUT2D eigenvalue weighted by Gasteiger charge is -2.20. The van der Waals surface area contributed by atoms with Crippen molar-refractivity contribution in [1.82, 2.24) is 25.4 Å². The monoisotopic (exact) mass is 448 g/mol. The van der Waals surface area contributed by atoms with Crippen molar-refractivity contribution < 1.29 is 14.4 Å². The molecule has 2 heterocycles. The molecule has 0 bridgehead atoms. The molecule has 0 radical (unpaired) electrons. The summed E-state index contributed by atoms with van der Waals surface area (Å²) in [5.41, 5.74) is 7.28. The van der Waals surface area contributed by atoms with Crippen LogP contribution < -0.4 is 16.4 Å². The van der Waals surface area contributed by atoms with E-state index in [0.29, 0.717) is 24.3 Å².